The lowest BCUT2D eigenvalue weighted by molar-refractivity contribution is -0.147. The minimum Gasteiger partial charge on any atom is -0.481 e. The summed E-state index contributed by atoms with van der Waals surface area (Å²) in [6, 6.07) is 2.07. The third kappa shape index (κ3) is 4.07. The number of aliphatic carboxylic acids is 1. The molecule has 1 unspecified atom stereocenters. The minimum absolute atomic E-state index is 0.00231. The lowest BCUT2D eigenvalue weighted by atomic mass is 9.65. The molecule has 4 saturated carbocycles. The fraction of sp³-hybridized carbons (Fsp3) is 0.458. The van der Waals surface area contributed by atoms with E-state index in [1.54, 1.807) is 6.20 Å². The average molecular weight is 483 g/mol. The lowest BCUT2D eigenvalue weighted by Crippen LogP contribution is -2.35. The van der Waals surface area contributed by atoms with E-state index in [0.717, 1.165) is 25.2 Å². The van der Waals surface area contributed by atoms with Gasteiger partial charge in [-0.05, 0) is 49.9 Å². The Kier molecular flexibility index (Phi) is 5.86. The highest BCUT2D eigenvalue weighted by Crippen LogP contribution is 2.46. The maximum absolute atomic E-state index is 14.3. The first-order valence-electron chi connectivity index (χ1n) is 11.5. The number of nitriles is 1. The predicted octanol–water partition coefficient (Wildman–Crippen LogP) is 5.04. The number of H-pyrrole nitrogens is 1. The van der Waals surface area contributed by atoms with E-state index in [0.29, 0.717) is 33.9 Å². The Bertz CT molecular complexity index is 1310. The molecule has 8 nitrogen and oxygen atoms in total. The van der Waals surface area contributed by atoms with E-state index in [1.165, 1.54) is 31.9 Å². The maximum atomic E-state index is 14.3. The summed E-state index contributed by atoms with van der Waals surface area (Å²) < 4.78 is 14.3. The Labute approximate surface area is 200 Å². The van der Waals surface area contributed by atoms with Gasteiger partial charge >= 0.3 is 5.97 Å². The molecule has 0 aromatic carbocycles. The Morgan fingerprint density at radius 2 is 1.97 bits per heavy atom. The summed E-state index contributed by atoms with van der Waals surface area (Å²) in [5.74, 6) is -0.101. The molecule has 10 heteroatoms. The second-order valence-corrected chi connectivity index (χ2v) is 9.78. The number of carbonyl (C=O) groups is 1. The molecule has 0 radical (unpaired) electrons. The molecule has 0 aliphatic heterocycles. The number of aromatic amines is 1. The average Bonchev–Trinajstić information content (AvgIpc) is 3.60. The van der Waals surface area contributed by atoms with Crippen molar-refractivity contribution in [2.24, 2.45) is 17.8 Å². The molecule has 0 amide bonds. The van der Waals surface area contributed by atoms with Crippen LogP contribution in [0.5, 0.6) is 0 Å². The zero-order chi connectivity index (χ0) is 24.0. The molecular weight excluding hydrogens is 459 g/mol. The first-order chi connectivity index (χ1) is 16.4. The molecule has 2 bridgehead atoms. The quantitative estimate of drug-likeness (QED) is 0.474. The second kappa shape index (κ2) is 8.84. The Balaban J connectivity index is 0.000000183. The van der Waals surface area contributed by atoms with Crippen molar-refractivity contribution in [2.45, 2.75) is 50.9 Å². The topological polar surface area (TPSA) is 142 Å². The van der Waals surface area contributed by atoms with E-state index in [1.807, 2.05) is 0 Å². The van der Waals surface area contributed by atoms with E-state index >= 15 is 0 Å². The first-order valence-corrected chi connectivity index (χ1v) is 11.9. The van der Waals surface area contributed by atoms with E-state index in [-0.39, 0.29) is 28.4 Å². The van der Waals surface area contributed by atoms with Crippen LogP contribution in [0.25, 0.3) is 22.4 Å². The third-order valence-corrected chi connectivity index (χ3v) is 7.45. The SMILES string of the molecule is N#Cc1c(-c2c[nH]c3ncc(Cl)nc23)nc(N)c(F)c1C1CC1.O=C(O)C1CC2CCC1CC2. The number of carboxylic acid groups (broad SMARTS) is 1. The monoisotopic (exact) mass is 482 g/mol. The number of halogens is 2. The summed E-state index contributed by atoms with van der Waals surface area (Å²) in [7, 11) is 0. The number of anilines is 1. The van der Waals surface area contributed by atoms with Crippen LogP contribution in [0.1, 0.15) is 62.0 Å². The van der Waals surface area contributed by atoms with Gasteiger partial charge < -0.3 is 15.8 Å². The number of fused-ring (bicyclic) bond motifs is 4. The standard InChI is InChI=1S/C15H10ClFN6.C9H14O2/c16-9-5-21-15-13(22-9)8(4-20-15)12-7(3-18)10(6-1-2-6)11(17)14(19)23-12;10-9(11)8-5-6-1-3-7(8)4-2-6/h4-6H,1-2H2,(H2,19,23)(H,20,21);6-8H,1-5H2,(H,10,11). The molecule has 4 aliphatic rings. The van der Waals surface area contributed by atoms with Crippen LogP contribution in [0, 0.1) is 34.9 Å². The van der Waals surface area contributed by atoms with Crippen LogP contribution in [-0.4, -0.2) is 31.0 Å². The van der Waals surface area contributed by atoms with Crippen LogP contribution in [-0.2, 0) is 4.79 Å². The largest absolute Gasteiger partial charge is 0.481 e. The number of nitrogens with one attached hydrogen (secondary N) is 1. The van der Waals surface area contributed by atoms with Crippen molar-refractivity contribution in [1.29, 1.82) is 5.26 Å². The van der Waals surface area contributed by atoms with Crippen molar-refractivity contribution in [3.8, 4) is 17.3 Å². The van der Waals surface area contributed by atoms with Gasteiger partial charge in [-0.3, -0.25) is 4.79 Å². The molecule has 176 valence electrons. The minimum atomic E-state index is -0.600. The number of nitrogen functional groups attached to an aromatic ring is 1. The predicted molar refractivity (Wildman–Crippen MR) is 124 cm³/mol. The van der Waals surface area contributed by atoms with Gasteiger partial charge in [0.2, 0.25) is 0 Å². The Morgan fingerprint density at radius 3 is 2.53 bits per heavy atom. The molecule has 34 heavy (non-hydrogen) atoms. The first kappa shape index (κ1) is 22.5. The molecule has 3 aromatic rings. The van der Waals surface area contributed by atoms with Crippen molar-refractivity contribution < 1.29 is 14.3 Å². The van der Waals surface area contributed by atoms with E-state index in [2.05, 4.69) is 26.0 Å². The zero-order valence-corrected chi connectivity index (χ0v) is 19.1. The van der Waals surface area contributed by atoms with Crippen LogP contribution >= 0.6 is 11.6 Å². The van der Waals surface area contributed by atoms with Gasteiger partial charge in [0.1, 0.15) is 16.7 Å². The van der Waals surface area contributed by atoms with Crippen molar-refractivity contribution >= 4 is 34.6 Å². The summed E-state index contributed by atoms with van der Waals surface area (Å²) >= 11 is 5.90. The molecule has 1 atom stereocenters. The van der Waals surface area contributed by atoms with Crippen LogP contribution in [0.2, 0.25) is 5.15 Å². The molecular formula is C24H24ClFN6O2. The summed E-state index contributed by atoms with van der Waals surface area (Å²) in [4.78, 5) is 26.1. The molecule has 4 N–H and O–H groups in total. The molecule has 4 aliphatic carbocycles. The fourth-order valence-corrected chi connectivity index (χ4v) is 5.53. The highest BCUT2D eigenvalue weighted by molar-refractivity contribution is 6.29. The van der Waals surface area contributed by atoms with Crippen LogP contribution in [0.15, 0.2) is 12.4 Å². The Hall–Kier alpha value is -3.25. The van der Waals surface area contributed by atoms with Crippen LogP contribution < -0.4 is 5.73 Å². The van der Waals surface area contributed by atoms with Crippen molar-refractivity contribution in [1.82, 2.24) is 19.9 Å². The van der Waals surface area contributed by atoms with Gasteiger partial charge in [0.25, 0.3) is 0 Å². The number of pyridine rings is 1. The fourth-order valence-electron chi connectivity index (χ4n) is 5.39. The smallest absolute Gasteiger partial charge is 0.306 e. The van der Waals surface area contributed by atoms with Gasteiger partial charge in [-0.1, -0.05) is 24.4 Å². The number of nitrogens with zero attached hydrogens (tertiary/aromatic N) is 4. The van der Waals surface area contributed by atoms with E-state index in [9.17, 15) is 14.4 Å². The van der Waals surface area contributed by atoms with Crippen molar-refractivity contribution in [3.05, 3.63) is 34.5 Å². The van der Waals surface area contributed by atoms with Gasteiger partial charge in [0, 0.05) is 17.3 Å². The molecule has 0 spiro atoms. The highest BCUT2D eigenvalue weighted by atomic mass is 35.5. The second-order valence-electron chi connectivity index (χ2n) is 9.39. The maximum Gasteiger partial charge on any atom is 0.306 e. The highest BCUT2D eigenvalue weighted by Gasteiger charge is 2.39. The number of nitrogens with two attached hydrogens (primary N) is 1. The molecule has 0 saturated heterocycles. The number of rotatable bonds is 3. The molecule has 3 heterocycles. The zero-order valence-electron chi connectivity index (χ0n) is 18.4. The molecule has 3 aromatic heterocycles. The Morgan fingerprint density at radius 1 is 1.24 bits per heavy atom. The number of aromatic nitrogens is 4. The summed E-state index contributed by atoms with van der Waals surface area (Å²) in [5, 5.41) is 18.6. The van der Waals surface area contributed by atoms with Crippen molar-refractivity contribution in [2.75, 3.05) is 5.73 Å². The summed E-state index contributed by atoms with van der Waals surface area (Å²) in [6.45, 7) is 0. The number of hydrogen-bond donors (Lipinski definition) is 3. The van der Waals surface area contributed by atoms with E-state index in [4.69, 9.17) is 22.4 Å². The van der Waals surface area contributed by atoms with Gasteiger partial charge in [0.15, 0.2) is 17.3 Å². The van der Waals surface area contributed by atoms with Crippen LogP contribution in [0.3, 0.4) is 0 Å². The van der Waals surface area contributed by atoms with Gasteiger partial charge in [-0.25, -0.2) is 19.3 Å². The molecule has 7 rings (SSSR count). The third-order valence-electron chi connectivity index (χ3n) is 7.27. The van der Waals surface area contributed by atoms with Gasteiger partial charge in [0.05, 0.1) is 23.4 Å². The van der Waals surface area contributed by atoms with Gasteiger partial charge in [-0.15, -0.1) is 0 Å². The number of carboxylic acids is 1. The number of hydrogen-bond acceptors (Lipinski definition) is 6. The molecule has 4 fully saturated rings. The lowest BCUT2D eigenvalue weighted by Gasteiger charge is -2.40. The van der Waals surface area contributed by atoms with Crippen LogP contribution in [0.4, 0.5) is 10.2 Å². The normalized spacial score (nSPS) is 23.3. The van der Waals surface area contributed by atoms with Gasteiger partial charge in [-0.2, -0.15) is 5.26 Å². The van der Waals surface area contributed by atoms with E-state index < -0.39 is 11.8 Å². The van der Waals surface area contributed by atoms with Crippen molar-refractivity contribution in [3.63, 3.8) is 0 Å². The summed E-state index contributed by atoms with van der Waals surface area (Å²) in [5.41, 5.74) is 8.07. The summed E-state index contributed by atoms with van der Waals surface area (Å²) in [6.07, 6.45) is 10.6.